The minimum atomic E-state index is 0.0150. The minimum absolute atomic E-state index is 0.0150. The van der Waals surface area contributed by atoms with Crippen LogP contribution in [0.2, 0.25) is 0 Å². The van der Waals surface area contributed by atoms with E-state index in [0.29, 0.717) is 0 Å². The van der Waals surface area contributed by atoms with Gasteiger partial charge in [-0.2, -0.15) is 0 Å². The van der Waals surface area contributed by atoms with Crippen molar-refractivity contribution in [1.29, 1.82) is 0 Å². The van der Waals surface area contributed by atoms with Gasteiger partial charge in [0.1, 0.15) is 0 Å². The topological polar surface area (TPSA) is 30.4 Å². The molecule has 3 rings (SSSR count). The third-order valence-corrected chi connectivity index (χ3v) is 3.50. The number of hydrogen-bond acceptors (Lipinski definition) is 1. The lowest BCUT2D eigenvalue weighted by Crippen LogP contribution is -2.53. The Bertz CT molecular complexity index is 190. The van der Waals surface area contributed by atoms with Gasteiger partial charge < -0.3 is 10.6 Å². The monoisotopic (exact) mass is 150 g/mol. The first kappa shape index (κ1) is 7.12. The summed E-state index contributed by atoms with van der Waals surface area (Å²) in [5, 5.41) is 0. The predicted octanol–water partition coefficient (Wildman–Crippen LogP) is 1.71. The zero-order chi connectivity index (χ0) is 7.95. The van der Waals surface area contributed by atoms with E-state index in [9.17, 15) is 0 Å². The molecule has 2 N–H and O–H groups in total. The molecule has 0 spiro atoms. The van der Waals surface area contributed by atoms with Crippen LogP contribution in [0.4, 0.5) is 0 Å². The molecule has 3 aliphatic rings. The van der Waals surface area contributed by atoms with E-state index in [1.54, 1.807) is 0 Å². The van der Waals surface area contributed by atoms with Crippen molar-refractivity contribution >= 4 is 0 Å². The van der Waals surface area contributed by atoms with Gasteiger partial charge in [-0.1, -0.05) is 0 Å². The smallest absolute Gasteiger partial charge is 0.232 e. The molecule has 2 heteroatoms. The third kappa shape index (κ3) is 0.954. The summed E-state index contributed by atoms with van der Waals surface area (Å²) in [4.78, 5) is 3.76. The Morgan fingerprint density at radius 2 is 1.45 bits per heavy atom. The summed E-state index contributed by atoms with van der Waals surface area (Å²) in [6.07, 6.45) is 6.38. The first-order valence-corrected chi connectivity index (χ1v) is 4.36. The van der Waals surface area contributed by atoms with Crippen molar-refractivity contribution in [3.63, 3.8) is 0 Å². The number of rotatable bonds is 0. The highest BCUT2D eigenvalue weighted by Gasteiger charge is 2.51. The van der Waals surface area contributed by atoms with Crippen LogP contribution in [0.1, 0.15) is 38.5 Å². The highest BCUT2D eigenvalue weighted by atomic mass is 14.9. The Labute approximate surface area is 67.6 Å². The SMILES string of the molecule is [C-]#[N+]C12CCC(N)(CC1)CC2. The minimum Gasteiger partial charge on any atom is -0.325 e. The summed E-state index contributed by atoms with van der Waals surface area (Å²) in [5.41, 5.74) is 6.24. The van der Waals surface area contributed by atoms with Crippen LogP contribution in [-0.2, 0) is 0 Å². The van der Waals surface area contributed by atoms with E-state index >= 15 is 0 Å². The number of hydrogen-bond donors (Lipinski definition) is 1. The van der Waals surface area contributed by atoms with E-state index in [-0.39, 0.29) is 11.1 Å². The van der Waals surface area contributed by atoms with Gasteiger partial charge in [-0.15, -0.1) is 0 Å². The van der Waals surface area contributed by atoms with Crippen LogP contribution in [0.15, 0.2) is 0 Å². The van der Waals surface area contributed by atoms with Crippen molar-refractivity contribution in [3.05, 3.63) is 11.4 Å². The lowest BCUT2D eigenvalue weighted by atomic mass is 9.62. The lowest BCUT2D eigenvalue weighted by Gasteiger charge is -2.45. The molecule has 0 aromatic carbocycles. The molecule has 3 saturated carbocycles. The normalized spacial score (nSPS) is 48.7. The van der Waals surface area contributed by atoms with Gasteiger partial charge in [0, 0.05) is 24.8 Å². The summed E-state index contributed by atoms with van der Waals surface area (Å²) in [7, 11) is 0. The molecule has 60 valence electrons. The van der Waals surface area contributed by atoms with Crippen LogP contribution in [0.5, 0.6) is 0 Å². The van der Waals surface area contributed by atoms with Crippen molar-refractivity contribution in [2.45, 2.75) is 49.6 Å². The number of nitrogens with two attached hydrogens (primary N) is 1. The molecule has 3 fully saturated rings. The van der Waals surface area contributed by atoms with Crippen molar-refractivity contribution in [2.24, 2.45) is 5.73 Å². The predicted molar refractivity (Wildman–Crippen MR) is 44.0 cm³/mol. The van der Waals surface area contributed by atoms with Crippen molar-refractivity contribution in [1.82, 2.24) is 0 Å². The van der Waals surface area contributed by atoms with Crippen LogP contribution in [0.25, 0.3) is 4.85 Å². The second kappa shape index (κ2) is 1.98. The summed E-state index contributed by atoms with van der Waals surface area (Å²) in [5.74, 6) is 0. The fraction of sp³-hybridized carbons (Fsp3) is 0.889. The van der Waals surface area contributed by atoms with E-state index in [4.69, 9.17) is 12.3 Å². The number of fused-ring (bicyclic) bond motifs is 3. The van der Waals surface area contributed by atoms with Gasteiger partial charge in [0.25, 0.3) is 0 Å². The molecule has 0 atom stereocenters. The molecule has 0 aliphatic heterocycles. The van der Waals surface area contributed by atoms with Gasteiger partial charge in [-0.05, 0) is 19.3 Å². The van der Waals surface area contributed by atoms with Crippen molar-refractivity contribution in [3.8, 4) is 0 Å². The number of nitrogens with zero attached hydrogens (tertiary/aromatic N) is 1. The average Bonchev–Trinajstić information content (AvgIpc) is 2.07. The fourth-order valence-electron chi connectivity index (χ4n) is 2.36. The maximum Gasteiger partial charge on any atom is 0.232 e. The van der Waals surface area contributed by atoms with E-state index in [1.807, 2.05) is 0 Å². The average molecular weight is 150 g/mol. The molecule has 0 aromatic heterocycles. The van der Waals surface area contributed by atoms with Crippen LogP contribution < -0.4 is 5.73 Å². The first-order chi connectivity index (χ1) is 5.18. The molecular formula is C9H14N2. The standard InChI is InChI=1S/C9H14N2/c1-11-9-5-2-8(10,3-6-9)4-7-9/h2-7,10H2. The summed E-state index contributed by atoms with van der Waals surface area (Å²) < 4.78 is 0. The molecule has 2 bridgehead atoms. The Hall–Kier alpha value is -0.550. The Morgan fingerprint density at radius 1 is 1.00 bits per heavy atom. The van der Waals surface area contributed by atoms with Crippen molar-refractivity contribution < 1.29 is 0 Å². The van der Waals surface area contributed by atoms with Gasteiger partial charge >= 0.3 is 0 Å². The van der Waals surface area contributed by atoms with Gasteiger partial charge in [0.15, 0.2) is 0 Å². The molecule has 0 heterocycles. The van der Waals surface area contributed by atoms with Crippen LogP contribution in [-0.4, -0.2) is 11.1 Å². The van der Waals surface area contributed by atoms with Gasteiger partial charge in [0.2, 0.25) is 5.54 Å². The molecule has 0 amide bonds. The van der Waals surface area contributed by atoms with E-state index in [2.05, 4.69) is 4.85 Å². The molecule has 0 unspecified atom stereocenters. The maximum absolute atomic E-state index is 7.12. The molecule has 0 aromatic rings. The lowest BCUT2D eigenvalue weighted by molar-refractivity contribution is 0.138. The summed E-state index contributed by atoms with van der Waals surface area (Å²) in [6.45, 7) is 7.12. The third-order valence-electron chi connectivity index (χ3n) is 3.50. The molecule has 0 saturated heterocycles. The molecule has 0 radical (unpaired) electrons. The first-order valence-electron chi connectivity index (χ1n) is 4.36. The van der Waals surface area contributed by atoms with E-state index in [1.165, 1.54) is 0 Å². The van der Waals surface area contributed by atoms with Crippen molar-refractivity contribution in [2.75, 3.05) is 0 Å². The highest BCUT2D eigenvalue weighted by molar-refractivity contribution is 5.12. The molecule has 2 nitrogen and oxygen atoms in total. The van der Waals surface area contributed by atoms with Crippen LogP contribution in [0.3, 0.4) is 0 Å². The summed E-state index contributed by atoms with van der Waals surface area (Å²) >= 11 is 0. The van der Waals surface area contributed by atoms with Gasteiger partial charge in [-0.25, -0.2) is 6.57 Å². The van der Waals surface area contributed by atoms with Gasteiger partial charge in [-0.3, -0.25) is 0 Å². The Morgan fingerprint density at radius 3 is 1.82 bits per heavy atom. The molecule has 3 aliphatic carbocycles. The Kier molecular flexibility index (Phi) is 1.28. The summed E-state index contributed by atoms with van der Waals surface area (Å²) in [6, 6.07) is 0. The van der Waals surface area contributed by atoms with E-state index < -0.39 is 0 Å². The highest BCUT2D eigenvalue weighted by Crippen LogP contribution is 2.47. The fourth-order valence-corrected chi connectivity index (χ4v) is 2.36. The molecular weight excluding hydrogens is 136 g/mol. The zero-order valence-corrected chi connectivity index (χ0v) is 6.77. The largest absolute Gasteiger partial charge is 0.325 e. The quantitative estimate of drug-likeness (QED) is 0.523. The Balaban J connectivity index is 2.20. The maximum atomic E-state index is 7.12. The van der Waals surface area contributed by atoms with Gasteiger partial charge in [0.05, 0.1) is 0 Å². The molecule has 11 heavy (non-hydrogen) atoms. The second-order valence-corrected chi connectivity index (χ2v) is 4.20. The van der Waals surface area contributed by atoms with Crippen LogP contribution in [0, 0.1) is 6.57 Å². The zero-order valence-electron chi connectivity index (χ0n) is 6.77. The van der Waals surface area contributed by atoms with Crippen LogP contribution >= 0.6 is 0 Å². The van der Waals surface area contributed by atoms with E-state index in [0.717, 1.165) is 38.5 Å². The second-order valence-electron chi connectivity index (χ2n) is 4.20.